The van der Waals surface area contributed by atoms with Crippen molar-refractivity contribution in [3.8, 4) is 0 Å². The number of carbonyl (C=O) groups excluding carboxylic acids is 1. The molecule has 2 fully saturated rings. The van der Waals surface area contributed by atoms with Gasteiger partial charge in [-0.25, -0.2) is 4.79 Å². The summed E-state index contributed by atoms with van der Waals surface area (Å²) in [4.78, 5) is 27.0. The second-order valence-corrected chi connectivity index (χ2v) is 5.60. The van der Waals surface area contributed by atoms with Crippen molar-refractivity contribution in [2.75, 3.05) is 26.2 Å². The van der Waals surface area contributed by atoms with Gasteiger partial charge in [-0.2, -0.15) is 0 Å². The summed E-state index contributed by atoms with van der Waals surface area (Å²) in [5, 5.41) is 8.82. The minimum atomic E-state index is -0.880. The summed E-state index contributed by atoms with van der Waals surface area (Å²) in [6, 6.07) is 0.453. The molecule has 1 heterocycles. The van der Waals surface area contributed by atoms with Crippen molar-refractivity contribution in [1.82, 2.24) is 9.80 Å². The first kappa shape index (κ1) is 15.1. The lowest BCUT2D eigenvalue weighted by Crippen LogP contribution is -2.52. The maximum atomic E-state index is 12.6. The molecule has 6 nitrogen and oxygen atoms in total. The minimum absolute atomic E-state index is 0.0395. The molecule has 2 amide bonds. The Morgan fingerprint density at radius 3 is 2.75 bits per heavy atom. The van der Waals surface area contributed by atoms with E-state index < -0.39 is 5.97 Å². The molecule has 6 heteroatoms. The average Bonchev–Trinajstić information content (AvgIpc) is 3.23. The van der Waals surface area contributed by atoms with Crippen LogP contribution in [0.4, 0.5) is 4.79 Å². The molecule has 0 aromatic rings. The minimum Gasteiger partial charge on any atom is -0.481 e. The van der Waals surface area contributed by atoms with Gasteiger partial charge in [0.25, 0.3) is 0 Å². The zero-order chi connectivity index (χ0) is 14.5. The van der Waals surface area contributed by atoms with E-state index in [1.54, 1.807) is 4.90 Å². The molecule has 0 aromatic carbocycles. The lowest BCUT2D eigenvalue weighted by molar-refractivity contribution is -0.141. The molecule has 2 rings (SSSR count). The van der Waals surface area contributed by atoms with E-state index in [4.69, 9.17) is 9.84 Å². The highest BCUT2D eigenvalue weighted by Gasteiger charge is 2.36. The number of hydrogen-bond acceptors (Lipinski definition) is 3. The number of carbonyl (C=O) groups is 2. The molecule has 2 aliphatic rings. The van der Waals surface area contributed by atoms with Gasteiger partial charge in [0.05, 0.1) is 19.1 Å². The van der Waals surface area contributed by atoms with Gasteiger partial charge in [0.2, 0.25) is 0 Å². The topological polar surface area (TPSA) is 70.1 Å². The fraction of sp³-hybridized carbons (Fsp3) is 0.857. The third kappa shape index (κ3) is 4.10. The maximum Gasteiger partial charge on any atom is 0.320 e. The molecule has 1 aliphatic heterocycles. The van der Waals surface area contributed by atoms with Crippen molar-refractivity contribution in [3.05, 3.63) is 0 Å². The standard InChI is InChI=1S/C14H24N2O4/c1-2-3-6-16(11-4-5-11)14(19)15-7-8-20-12(10-15)9-13(17)18/h11-12H,2-10H2,1H3,(H,17,18). The third-order valence-electron chi connectivity index (χ3n) is 3.80. The monoisotopic (exact) mass is 284 g/mol. The first-order valence-corrected chi connectivity index (χ1v) is 7.50. The van der Waals surface area contributed by atoms with Crippen molar-refractivity contribution in [1.29, 1.82) is 0 Å². The molecule has 0 radical (unpaired) electrons. The van der Waals surface area contributed by atoms with E-state index in [1.807, 2.05) is 4.90 Å². The van der Waals surface area contributed by atoms with Crippen LogP contribution in [-0.2, 0) is 9.53 Å². The molecular weight excluding hydrogens is 260 g/mol. The van der Waals surface area contributed by atoms with Crippen LogP contribution in [0.2, 0.25) is 0 Å². The average molecular weight is 284 g/mol. The largest absolute Gasteiger partial charge is 0.481 e. The maximum absolute atomic E-state index is 12.6. The number of amides is 2. The van der Waals surface area contributed by atoms with Crippen molar-refractivity contribution in [2.45, 2.75) is 51.2 Å². The zero-order valence-corrected chi connectivity index (χ0v) is 12.1. The smallest absolute Gasteiger partial charge is 0.320 e. The van der Waals surface area contributed by atoms with Gasteiger partial charge in [0.1, 0.15) is 0 Å². The Hall–Kier alpha value is -1.30. The molecule has 1 N–H and O–H groups in total. The Balaban J connectivity index is 1.90. The number of hydrogen-bond donors (Lipinski definition) is 1. The molecule has 1 unspecified atom stereocenters. The molecule has 1 atom stereocenters. The summed E-state index contributed by atoms with van der Waals surface area (Å²) in [5.41, 5.74) is 0. The molecule has 1 saturated carbocycles. The molecule has 114 valence electrons. The van der Waals surface area contributed by atoms with E-state index >= 15 is 0 Å². The van der Waals surface area contributed by atoms with Crippen LogP contribution in [0.15, 0.2) is 0 Å². The molecule has 1 saturated heterocycles. The fourth-order valence-electron chi connectivity index (χ4n) is 2.54. The summed E-state index contributed by atoms with van der Waals surface area (Å²) < 4.78 is 5.41. The summed E-state index contributed by atoms with van der Waals surface area (Å²) >= 11 is 0. The summed E-state index contributed by atoms with van der Waals surface area (Å²) in [7, 11) is 0. The van der Waals surface area contributed by atoms with Crippen LogP contribution in [0.25, 0.3) is 0 Å². The highest BCUT2D eigenvalue weighted by atomic mass is 16.5. The summed E-state index contributed by atoms with van der Waals surface area (Å²) in [6.45, 7) is 4.30. The predicted molar refractivity (Wildman–Crippen MR) is 73.6 cm³/mol. The highest BCUT2D eigenvalue weighted by Crippen LogP contribution is 2.28. The Morgan fingerprint density at radius 1 is 1.40 bits per heavy atom. The number of unbranched alkanes of at least 4 members (excludes halogenated alkanes) is 1. The number of urea groups is 1. The zero-order valence-electron chi connectivity index (χ0n) is 12.1. The van der Waals surface area contributed by atoms with Crippen molar-refractivity contribution >= 4 is 12.0 Å². The predicted octanol–water partition coefficient (Wildman–Crippen LogP) is 1.55. The summed E-state index contributed by atoms with van der Waals surface area (Å²) in [5.74, 6) is -0.880. The van der Waals surface area contributed by atoms with Crippen LogP contribution in [0.3, 0.4) is 0 Å². The number of nitrogens with zero attached hydrogens (tertiary/aromatic N) is 2. The first-order chi connectivity index (χ1) is 9.61. The number of rotatable bonds is 6. The number of morpholine rings is 1. The quantitative estimate of drug-likeness (QED) is 0.803. The number of aliphatic carboxylic acids is 1. The van der Waals surface area contributed by atoms with E-state index in [9.17, 15) is 9.59 Å². The van der Waals surface area contributed by atoms with Gasteiger partial charge in [-0.1, -0.05) is 13.3 Å². The van der Waals surface area contributed by atoms with E-state index in [0.29, 0.717) is 25.7 Å². The van der Waals surface area contributed by atoms with E-state index in [0.717, 1.165) is 32.2 Å². The molecule has 1 aliphatic carbocycles. The Bertz CT molecular complexity index is 357. The normalized spacial score (nSPS) is 22.6. The van der Waals surface area contributed by atoms with Crippen LogP contribution < -0.4 is 0 Å². The van der Waals surface area contributed by atoms with Crippen LogP contribution in [0, 0.1) is 0 Å². The van der Waals surface area contributed by atoms with Gasteiger partial charge in [-0.3, -0.25) is 4.79 Å². The summed E-state index contributed by atoms with van der Waals surface area (Å²) in [6.07, 6.45) is 3.86. The number of carboxylic acids is 1. The molecule has 0 aromatic heterocycles. The SMILES string of the molecule is CCCCN(C(=O)N1CCOC(CC(=O)O)C1)C1CC1. The van der Waals surface area contributed by atoms with E-state index in [2.05, 4.69) is 6.92 Å². The third-order valence-corrected chi connectivity index (χ3v) is 3.80. The van der Waals surface area contributed by atoms with Gasteiger partial charge in [0.15, 0.2) is 0 Å². The van der Waals surface area contributed by atoms with Gasteiger partial charge in [-0.05, 0) is 19.3 Å². The van der Waals surface area contributed by atoms with Gasteiger partial charge in [0, 0.05) is 25.7 Å². The fourth-order valence-corrected chi connectivity index (χ4v) is 2.54. The second kappa shape index (κ2) is 6.92. The van der Waals surface area contributed by atoms with Crippen LogP contribution >= 0.6 is 0 Å². The second-order valence-electron chi connectivity index (χ2n) is 5.60. The lowest BCUT2D eigenvalue weighted by atomic mass is 10.2. The van der Waals surface area contributed by atoms with Crippen LogP contribution in [-0.4, -0.2) is 65.3 Å². The van der Waals surface area contributed by atoms with E-state index in [-0.39, 0.29) is 18.6 Å². The van der Waals surface area contributed by atoms with Gasteiger partial charge in [-0.15, -0.1) is 0 Å². The Kier molecular flexibility index (Phi) is 5.23. The Labute approximate surface area is 119 Å². The lowest BCUT2D eigenvalue weighted by Gasteiger charge is -2.36. The molecule has 20 heavy (non-hydrogen) atoms. The van der Waals surface area contributed by atoms with Crippen molar-refractivity contribution in [3.63, 3.8) is 0 Å². The van der Waals surface area contributed by atoms with Crippen molar-refractivity contribution in [2.24, 2.45) is 0 Å². The van der Waals surface area contributed by atoms with Gasteiger partial charge < -0.3 is 19.6 Å². The first-order valence-electron chi connectivity index (χ1n) is 7.50. The van der Waals surface area contributed by atoms with Crippen LogP contribution in [0.5, 0.6) is 0 Å². The van der Waals surface area contributed by atoms with Gasteiger partial charge >= 0.3 is 12.0 Å². The molecular formula is C14H24N2O4. The van der Waals surface area contributed by atoms with Crippen LogP contribution in [0.1, 0.15) is 39.0 Å². The van der Waals surface area contributed by atoms with E-state index in [1.165, 1.54) is 0 Å². The Morgan fingerprint density at radius 2 is 2.15 bits per heavy atom. The molecule has 0 bridgehead atoms. The number of ether oxygens (including phenoxy) is 1. The number of carboxylic acid groups (broad SMARTS) is 1. The highest BCUT2D eigenvalue weighted by molar-refractivity contribution is 5.75. The molecule has 0 spiro atoms. The van der Waals surface area contributed by atoms with Crippen molar-refractivity contribution < 1.29 is 19.4 Å².